The topological polar surface area (TPSA) is 77.7 Å². The summed E-state index contributed by atoms with van der Waals surface area (Å²) >= 11 is 0. The molecular formula is C26H37N3O4. The van der Waals surface area contributed by atoms with E-state index in [-0.39, 0.29) is 0 Å². The van der Waals surface area contributed by atoms with E-state index in [1.807, 2.05) is 58.0 Å². The minimum atomic E-state index is -0.569. The van der Waals surface area contributed by atoms with Crippen LogP contribution in [0.1, 0.15) is 83.7 Å². The van der Waals surface area contributed by atoms with E-state index < -0.39 is 17.7 Å². The SMILES string of the molecule is CCCCCCCCOc1ccc(-c2noc([C@@H]3C=CCN3C(=O)OC(C)(C)C)n2)cc1C. The highest BCUT2D eigenvalue weighted by molar-refractivity contribution is 5.70. The van der Waals surface area contributed by atoms with Crippen molar-refractivity contribution in [1.29, 1.82) is 0 Å². The van der Waals surface area contributed by atoms with Gasteiger partial charge in [0.2, 0.25) is 5.82 Å². The van der Waals surface area contributed by atoms with Gasteiger partial charge in [-0.15, -0.1) is 0 Å². The number of benzene rings is 1. The first-order valence-corrected chi connectivity index (χ1v) is 12.0. The maximum absolute atomic E-state index is 12.5. The lowest BCUT2D eigenvalue weighted by Crippen LogP contribution is -2.36. The first kappa shape index (κ1) is 24.8. The summed E-state index contributed by atoms with van der Waals surface area (Å²) in [6, 6.07) is 5.47. The first-order valence-electron chi connectivity index (χ1n) is 12.0. The van der Waals surface area contributed by atoms with Crippen molar-refractivity contribution in [3.05, 3.63) is 41.8 Å². The first-order chi connectivity index (χ1) is 15.8. The molecule has 0 saturated carbocycles. The predicted molar refractivity (Wildman–Crippen MR) is 128 cm³/mol. The van der Waals surface area contributed by atoms with Gasteiger partial charge >= 0.3 is 6.09 Å². The third-order valence-corrected chi connectivity index (χ3v) is 5.47. The van der Waals surface area contributed by atoms with Crippen LogP contribution in [0, 0.1) is 6.92 Å². The number of aryl methyl sites for hydroxylation is 1. The van der Waals surface area contributed by atoms with Crippen LogP contribution in [-0.2, 0) is 4.74 Å². The summed E-state index contributed by atoms with van der Waals surface area (Å²) in [5, 5.41) is 4.14. The molecule has 7 heteroatoms. The Balaban J connectivity index is 1.59. The summed E-state index contributed by atoms with van der Waals surface area (Å²) in [6.07, 6.45) is 10.8. The van der Waals surface area contributed by atoms with Crippen LogP contribution < -0.4 is 4.74 Å². The molecule has 1 aliphatic heterocycles. The van der Waals surface area contributed by atoms with Gasteiger partial charge in [0.15, 0.2) is 0 Å². The molecule has 2 aromatic rings. The lowest BCUT2D eigenvalue weighted by molar-refractivity contribution is 0.0218. The summed E-state index contributed by atoms with van der Waals surface area (Å²) < 4.78 is 17.0. The largest absolute Gasteiger partial charge is 0.493 e. The highest BCUT2D eigenvalue weighted by atomic mass is 16.6. The monoisotopic (exact) mass is 455 g/mol. The number of hydrogen-bond donors (Lipinski definition) is 0. The molecule has 1 atom stereocenters. The molecule has 0 unspecified atom stereocenters. The minimum Gasteiger partial charge on any atom is -0.493 e. The quantitative estimate of drug-likeness (QED) is 0.295. The number of ether oxygens (including phenoxy) is 2. The molecule has 1 aromatic carbocycles. The average Bonchev–Trinajstić information content (AvgIpc) is 3.42. The zero-order chi connectivity index (χ0) is 23.8. The number of nitrogens with zero attached hydrogens (tertiary/aromatic N) is 3. The van der Waals surface area contributed by atoms with Crippen LogP contribution in [0.3, 0.4) is 0 Å². The van der Waals surface area contributed by atoms with Crippen molar-refractivity contribution < 1.29 is 18.8 Å². The molecule has 0 aliphatic carbocycles. The molecule has 0 fully saturated rings. The molecule has 1 amide bonds. The van der Waals surface area contributed by atoms with Gasteiger partial charge in [-0.2, -0.15) is 4.98 Å². The van der Waals surface area contributed by atoms with Gasteiger partial charge < -0.3 is 14.0 Å². The van der Waals surface area contributed by atoms with Crippen molar-refractivity contribution in [2.24, 2.45) is 0 Å². The third-order valence-electron chi connectivity index (χ3n) is 5.47. The summed E-state index contributed by atoms with van der Waals surface area (Å²) in [5.41, 5.74) is 1.31. The summed E-state index contributed by atoms with van der Waals surface area (Å²) in [5.74, 6) is 1.73. The fraction of sp³-hybridized carbons (Fsp3) is 0.577. The molecule has 180 valence electrons. The number of hydrogen-bond acceptors (Lipinski definition) is 6. The molecule has 0 bridgehead atoms. The highest BCUT2D eigenvalue weighted by Crippen LogP contribution is 2.30. The molecule has 0 radical (unpaired) electrons. The molecule has 0 N–H and O–H groups in total. The number of rotatable bonds is 10. The van der Waals surface area contributed by atoms with Gasteiger partial charge in [0, 0.05) is 12.1 Å². The van der Waals surface area contributed by atoms with Crippen LogP contribution in [-0.4, -0.2) is 39.9 Å². The van der Waals surface area contributed by atoms with Crippen LogP contribution in [0.25, 0.3) is 11.4 Å². The zero-order valence-electron chi connectivity index (χ0n) is 20.6. The van der Waals surface area contributed by atoms with E-state index >= 15 is 0 Å². The highest BCUT2D eigenvalue weighted by Gasteiger charge is 2.33. The van der Waals surface area contributed by atoms with Crippen LogP contribution in [0.15, 0.2) is 34.9 Å². The van der Waals surface area contributed by atoms with Crippen molar-refractivity contribution in [2.75, 3.05) is 13.2 Å². The van der Waals surface area contributed by atoms with Gasteiger partial charge in [0.05, 0.1) is 6.61 Å². The Kier molecular flexibility index (Phi) is 8.53. The van der Waals surface area contributed by atoms with Crippen molar-refractivity contribution >= 4 is 6.09 Å². The molecule has 1 aliphatic rings. The van der Waals surface area contributed by atoms with Crippen LogP contribution in [0.5, 0.6) is 5.75 Å². The summed E-state index contributed by atoms with van der Waals surface area (Å²) in [7, 11) is 0. The Morgan fingerprint density at radius 3 is 2.67 bits per heavy atom. The number of carbonyl (C=O) groups excluding carboxylic acids is 1. The van der Waals surface area contributed by atoms with Crippen LogP contribution >= 0.6 is 0 Å². The Labute approximate surface area is 197 Å². The second kappa shape index (κ2) is 11.3. The van der Waals surface area contributed by atoms with Gasteiger partial charge in [-0.25, -0.2) is 4.79 Å². The lowest BCUT2D eigenvalue weighted by atomic mass is 10.1. The lowest BCUT2D eigenvalue weighted by Gasteiger charge is -2.26. The molecular weight excluding hydrogens is 418 g/mol. The molecule has 0 spiro atoms. The zero-order valence-corrected chi connectivity index (χ0v) is 20.6. The second-order valence-electron chi connectivity index (χ2n) is 9.56. The van der Waals surface area contributed by atoms with Gasteiger partial charge in [0.25, 0.3) is 5.89 Å². The minimum absolute atomic E-state index is 0.366. The van der Waals surface area contributed by atoms with Crippen molar-refractivity contribution in [1.82, 2.24) is 15.0 Å². The Bertz CT molecular complexity index is 945. The fourth-order valence-electron chi connectivity index (χ4n) is 3.73. The number of unbranched alkanes of at least 4 members (excludes halogenated alkanes) is 5. The normalized spacial score (nSPS) is 15.8. The van der Waals surface area contributed by atoms with E-state index in [9.17, 15) is 4.79 Å². The fourth-order valence-corrected chi connectivity index (χ4v) is 3.73. The maximum atomic E-state index is 12.5. The van der Waals surface area contributed by atoms with Crippen molar-refractivity contribution in [3.8, 4) is 17.1 Å². The van der Waals surface area contributed by atoms with E-state index in [0.29, 0.717) is 18.3 Å². The summed E-state index contributed by atoms with van der Waals surface area (Å²) in [4.78, 5) is 18.7. The van der Waals surface area contributed by atoms with Gasteiger partial charge in [-0.05, 0) is 57.9 Å². The van der Waals surface area contributed by atoms with Gasteiger partial charge in [-0.3, -0.25) is 4.90 Å². The van der Waals surface area contributed by atoms with Crippen LogP contribution in [0.2, 0.25) is 0 Å². The van der Waals surface area contributed by atoms with Crippen molar-refractivity contribution in [3.63, 3.8) is 0 Å². The average molecular weight is 456 g/mol. The summed E-state index contributed by atoms with van der Waals surface area (Å²) in [6.45, 7) is 11.0. The van der Waals surface area contributed by atoms with Crippen LogP contribution in [0.4, 0.5) is 4.79 Å². The van der Waals surface area contributed by atoms with E-state index in [1.54, 1.807) is 4.90 Å². The van der Waals surface area contributed by atoms with Gasteiger partial charge in [-0.1, -0.05) is 56.3 Å². The van der Waals surface area contributed by atoms with E-state index in [4.69, 9.17) is 14.0 Å². The number of aromatic nitrogens is 2. The van der Waals surface area contributed by atoms with E-state index in [1.165, 1.54) is 32.1 Å². The van der Waals surface area contributed by atoms with Crippen molar-refractivity contribution in [2.45, 2.75) is 84.8 Å². The van der Waals surface area contributed by atoms with E-state index in [0.717, 1.165) is 29.9 Å². The number of carbonyl (C=O) groups is 1. The molecule has 7 nitrogen and oxygen atoms in total. The van der Waals surface area contributed by atoms with E-state index in [2.05, 4.69) is 17.1 Å². The van der Waals surface area contributed by atoms with Gasteiger partial charge in [0.1, 0.15) is 17.4 Å². The Hall–Kier alpha value is -2.83. The number of amides is 1. The third kappa shape index (κ3) is 7.07. The molecule has 2 heterocycles. The molecule has 1 aromatic heterocycles. The molecule has 33 heavy (non-hydrogen) atoms. The maximum Gasteiger partial charge on any atom is 0.411 e. The second-order valence-corrected chi connectivity index (χ2v) is 9.56. The predicted octanol–water partition coefficient (Wildman–Crippen LogP) is 6.63. The smallest absolute Gasteiger partial charge is 0.411 e. The molecule has 3 rings (SSSR count). The standard InChI is InChI=1S/C26H37N3O4/c1-6-7-8-9-10-11-17-31-22-15-14-20(18-19(22)2)23-27-24(33-28-23)21-13-12-16-29(21)25(30)32-26(3,4)5/h12-15,18,21H,6-11,16-17H2,1-5H3/t21-/m0/s1. The molecule has 0 saturated heterocycles. The Morgan fingerprint density at radius 2 is 1.94 bits per heavy atom. The Morgan fingerprint density at radius 1 is 1.18 bits per heavy atom.